The number of aryl methyl sites for hydroxylation is 1. The fourth-order valence-electron chi connectivity index (χ4n) is 10.1. The molecule has 3 amide bonds. The Bertz CT molecular complexity index is 2730. The van der Waals surface area contributed by atoms with Crippen LogP contribution in [0.4, 0.5) is 23.0 Å². The number of piperazine rings is 1. The minimum Gasteiger partial charge on any atom is -0.396 e. The van der Waals surface area contributed by atoms with Crippen LogP contribution in [0.15, 0.2) is 78.2 Å². The molecule has 3 N–H and O–H groups in total. The SMILES string of the molecule is C=CCn1c(=O)c2cnc(Nc3ccc(N4CCN(C5CCN(CC6CN(c7ccc8c(c7)C(=O)N(C(CCC=O)C(=O)NC)C8=O)C6)CC5)CC4)cc3)nc2n1-c1ccc(CCO)c(C)n1. The number of hydrogen-bond donors (Lipinski definition) is 3. The van der Waals surface area contributed by atoms with Crippen molar-refractivity contribution in [2.45, 2.75) is 57.7 Å². The standard InChI is InChI=1S/C49H58N12O6/c1-4-18-59-46(65)41-28-51-49(54-44(41)61(59)43-14-7-34(17-26-63)32(2)52-43)53-35-8-10-36(11-9-35)56-21-23-57(24-22-56)37-15-19-55(20-16-37)29-33-30-58(31-33)38-12-13-39-40(27-38)48(67)60(47(39)66)42(6-5-25-62)45(64)50-3/h4,7-14,25,27-28,33,37,42,63H,1,5-6,15-24,26,29-31H2,2-3H3,(H,50,64)(H,51,53,54). The molecule has 3 fully saturated rings. The highest BCUT2D eigenvalue weighted by Gasteiger charge is 2.43. The van der Waals surface area contributed by atoms with Crippen molar-refractivity contribution >= 4 is 58.1 Å². The summed E-state index contributed by atoms with van der Waals surface area (Å²) in [6, 6.07) is 16.9. The number of nitrogens with one attached hydrogen (secondary N) is 2. The van der Waals surface area contributed by atoms with Gasteiger partial charge in [0.25, 0.3) is 17.4 Å². The number of carbonyl (C=O) groups excluding carboxylic acids is 4. The van der Waals surface area contributed by atoms with Crippen molar-refractivity contribution in [1.82, 2.24) is 44.3 Å². The van der Waals surface area contributed by atoms with Crippen molar-refractivity contribution in [3.05, 3.63) is 106 Å². The van der Waals surface area contributed by atoms with Crippen LogP contribution in [0.3, 0.4) is 0 Å². The van der Waals surface area contributed by atoms with Gasteiger partial charge in [-0.15, -0.1) is 6.58 Å². The molecule has 1 unspecified atom stereocenters. The number of carbonyl (C=O) groups is 4. The highest BCUT2D eigenvalue weighted by atomic mass is 16.3. The van der Waals surface area contributed by atoms with E-state index in [4.69, 9.17) is 9.97 Å². The molecule has 1 atom stereocenters. The Morgan fingerprint density at radius 1 is 0.910 bits per heavy atom. The molecule has 0 aliphatic carbocycles. The molecular formula is C49H58N12O6. The number of imide groups is 1. The summed E-state index contributed by atoms with van der Waals surface area (Å²) in [5.74, 6) is -0.0412. The van der Waals surface area contributed by atoms with Crippen molar-refractivity contribution in [2.75, 3.05) is 87.7 Å². The van der Waals surface area contributed by atoms with E-state index >= 15 is 0 Å². The van der Waals surface area contributed by atoms with E-state index in [9.17, 15) is 29.1 Å². The second kappa shape index (κ2) is 19.6. The number of hydrogen-bond acceptors (Lipinski definition) is 14. The number of nitrogens with zero attached hydrogens (tertiary/aromatic N) is 10. The highest BCUT2D eigenvalue weighted by Crippen LogP contribution is 2.33. The first kappa shape index (κ1) is 45.4. The number of aldehydes is 1. The number of allylic oxidation sites excluding steroid dienone is 1. The van der Waals surface area contributed by atoms with Gasteiger partial charge in [-0.05, 0) is 99.8 Å². The molecule has 0 radical (unpaired) electrons. The van der Waals surface area contributed by atoms with Crippen LogP contribution in [0.1, 0.15) is 57.7 Å². The van der Waals surface area contributed by atoms with Crippen molar-refractivity contribution < 1.29 is 24.3 Å². The van der Waals surface area contributed by atoms with E-state index in [1.807, 2.05) is 37.3 Å². The van der Waals surface area contributed by atoms with Crippen LogP contribution in [0.25, 0.3) is 16.9 Å². The number of likely N-dealkylation sites (N-methyl/N-ethyl adjacent to an activating group) is 1. The van der Waals surface area contributed by atoms with Crippen LogP contribution in [0, 0.1) is 12.8 Å². The average Bonchev–Trinajstić information content (AvgIpc) is 3.75. The molecular weight excluding hydrogens is 853 g/mol. The quantitative estimate of drug-likeness (QED) is 0.0700. The van der Waals surface area contributed by atoms with Gasteiger partial charge in [-0.2, -0.15) is 4.98 Å². The maximum absolute atomic E-state index is 13.4. The lowest BCUT2D eigenvalue weighted by atomic mass is 9.95. The summed E-state index contributed by atoms with van der Waals surface area (Å²) in [7, 11) is 1.45. The lowest BCUT2D eigenvalue weighted by molar-refractivity contribution is -0.124. The molecule has 4 aliphatic heterocycles. The summed E-state index contributed by atoms with van der Waals surface area (Å²) in [6.45, 7) is 14.9. The van der Waals surface area contributed by atoms with E-state index in [1.54, 1.807) is 33.8 Å². The zero-order valence-corrected chi connectivity index (χ0v) is 38.1. The van der Waals surface area contributed by atoms with Crippen LogP contribution in [0.2, 0.25) is 0 Å². The smallest absolute Gasteiger partial charge is 0.278 e. The number of aromatic nitrogens is 5. The zero-order valence-electron chi connectivity index (χ0n) is 38.1. The Kier molecular flexibility index (Phi) is 13.3. The van der Waals surface area contributed by atoms with Gasteiger partial charge in [-0.1, -0.05) is 12.1 Å². The highest BCUT2D eigenvalue weighted by molar-refractivity contribution is 6.23. The third-order valence-electron chi connectivity index (χ3n) is 13.8. The third kappa shape index (κ3) is 9.08. The summed E-state index contributed by atoms with van der Waals surface area (Å²) in [6.07, 6.45) is 6.84. The predicted molar refractivity (Wildman–Crippen MR) is 255 cm³/mol. The van der Waals surface area contributed by atoms with Gasteiger partial charge in [0.05, 0.1) is 17.7 Å². The number of aliphatic hydroxyl groups is 1. The molecule has 0 saturated carbocycles. The maximum Gasteiger partial charge on any atom is 0.278 e. The van der Waals surface area contributed by atoms with Crippen LogP contribution >= 0.6 is 0 Å². The Morgan fingerprint density at radius 2 is 1.64 bits per heavy atom. The molecule has 18 nitrogen and oxygen atoms in total. The molecule has 3 saturated heterocycles. The summed E-state index contributed by atoms with van der Waals surface area (Å²) < 4.78 is 3.25. The van der Waals surface area contributed by atoms with Gasteiger partial charge in [-0.3, -0.25) is 29.0 Å². The van der Waals surface area contributed by atoms with Gasteiger partial charge in [0.1, 0.15) is 17.7 Å². The number of amides is 3. The normalized spacial score (nSPS) is 17.7. The van der Waals surface area contributed by atoms with E-state index in [-0.39, 0.29) is 31.6 Å². The molecule has 18 heteroatoms. The van der Waals surface area contributed by atoms with Gasteiger partial charge in [0.15, 0.2) is 11.5 Å². The zero-order chi connectivity index (χ0) is 46.8. The fourth-order valence-corrected chi connectivity index (χ4v) is 10.1. The molecule has 2 aromatic carbocycles. The minimum atomic E-state index is -1.03. The average molecular weight is 911 g/mol. The maximum atomic E-state index is 13.4. The summed E-state index contributed by atoms with van der Waals surface area (Å²) in [5.41, 5.74) is 5.39. The van der Waals surface area contributed by atoms with Crippen molar-refractivity contribution in [3.63, 3.8) is 0 Å². The van der Waals surface area contributed by atoms with Gasteiger partial charge in [-0.25, -0.2) is 19.3 Å². The summed E-state index contributed by atoms with van der Waals surface area (Å²) in [4.78, 5) is 88.6. The van der Waals surface area contributed by atoms with E-state index in [1.165, 1.54) is 7.05 Å². The number of rotatable bonds is 17. The van der Waals surface area contributed by atoms with E-state index in [0.717, 1.165) is 105 Å². The van der Waals surface area contributed by atoms with Crippen molar-refractivity contribution in [3.8, 4) is 5.82 Å². The third-order valence-corrected chi connectivity index (χ3v) is 13.8. The molecule has 67 heavy (non-hydrogen) atoms. The number of piperidine rings is 1. The van der Waals surface area contributed by atoms with Crippen molar-refractivity contribution in [2.24, 2.45) is 5.92 Å². The molecule has 350 valence electrons. The second-order valence-electron chi connectivity index (χ2n) is 17.9. The monoisotopic (exact) mass is 910 g/mol. The Balaban J connectivity index is 0.739. The largest absolute Gasteiger partial charge is 0.396 e. The Hall–Kier alpha value is -6.76. The lowest BCUT2D eigenvalue weighted by Crippen LogP contribution is -2.55. The van der Waals surface area contributed by atoms with Crippen LogP contribution in [-0.4, -0.2) is 153 Å². The number of pyridine rings is 1. The second-order valence-corrected chi connectivity index (χ2v) is 17.9. The van der Waals surface area contributed by atoms with Gasteiger partial charge in [0, 0.05) is 107 Å². The summed E-state index contributed by atoms with van der Waals surface area (Å²) >= 11 is 0. The molecule has 0 spiro atoms. The number of benzene rings is 2. The van der Waals surface area contributed by atoms with Gasteiger partial charge >= 0.3 is 0 Å². The molecule has 0 bridgehead atoms. The topological polar surface area (TPSA) is 194 Å². The van der Waals surface area contributed by atoms with E-state index in [2.05, 4.69) is 53.9 Å². The van der Waals surface area contributed by atoms with Crippen LogP contribution in [-0.2, 0) is 22.6 Å². The molecule has 9 rings (SSSR count). The van der Waals surface area contributed by atoms with Crippen molar-refractivity contribution in [1.29, 1.82) is 0 Å². The number of likely N-dealkylation sites (tertiary alicyclic amines) is 1. The summed E-state index contributed by atoms with van der Waals surface area (Å²) in [5, 5.41) is 15.7. The predicted octanol–water partition coefficient (Wildman–Crippen LogP) is 3.16. The lowest BCUT2D eigenvalue weighted by Gasteiger charge is -2.46. The first-order valence-electron chi connectivity index (χ1n) is 23.3. The molecule has 7 heterocycles. The molecule has 5 aromatic rings. The Labute approximate surface area is 388 Å². The van der Waals surface area contributed by atoms with Gasteiger partial charge < -0.3 is 35.2 Å². The number of aliphatic hydroxyl groups excluding tert-OH is 1. The molecule has 3 aromatic heterocycles. The van der Waals surface area contributed by atoms with E-state index < -0.39 is 23.8 Å². The fraction of sp³-hybridized carbons (Fsp3) is 0.429. The number of anilines is 4. The van der Waals surface area contributed by atoms with E-state index in [0.29, 0.717) is 58.6 Å². The first-order chi connectivity index (χ1) is 32.6. The Morgan fingerprint density at radius 3 is 2.33 bits per heavy atom. The van der Waals surface area contributed by atoms with Crippen LogP contribution in [0.5, 0.6) is 0 Å². The van der Waals surface area contributed by atoms with Gasteiger partial charge in [0.2, 0.25) is 11.9 Å². The molecule has 4 aliphatic rings. The number of fused-ring (bicyclic) bond motifs is 2. The first-order valence-corrected chi connectivity index (χ1v) is 23.3. The minimum absolute atomic E-state index is 0.0264. The van der Waals surface area contributed by atoms with Crippen LogP contribution < -0.4 is 26.0 Å².